The molecule has 0 aromatic heterocycles. The number of hydrogen-bond acceptors (Lipinski definition) is 2. The number of nitrogens with zero attached hydrogens (tertiary/aromatic N) is 1. The third-order valence-electron chi connectivity index (χ3n) is 3.70. The molecule has 20 heavy (non-hydrogen) atoms. The van der Waals surface area contributed by atoms with E-state index in [1.807, 2.05) is 0 Å². The molecule has 0 aromatic carbocycles. The molecule has 0 fully saturated rings. The van der Waals surface area contributed by atoms with Gasteiger partial charge in [0.05, 0.1) is 0 Å². The molecule has 106 valence electrons. The Morgan fingerprint density at radius 3 is 2.80 bits per heavy atom. The van der Waals surface area contributed by atoms with Crippen LogP contribution in [0.1, 0.15) is 32.6 Å². The maximum absolute atomic E-state index is 9.28. The zero-order valence-corrected chi connectivity index (χ0v) is 12.2. The zero-order chi connectivity index (χ0) is 14.4. The van der Waals surface area contributed by atoms with Crippen LogP contribution in [0.3, 0.4) is 0 Å². The number of rotatable bonds is 2. The fourth-order valence-corrected chi connectivity index (χ4v) is 2.55. The number of amidine groups is 1. The van der Waals surface area contributed by atoms with E-state index in [-0.39, 0.29) is 0 Å². The fourth-order valence-electron chi connectivity index (χ4n) is 2.55. The first-order chi connectivity index (χ1) is 9.76. The molecule has 0 aliphatic heterocycles. The van der Waals surface area contributed by atoms with Gasteiger partial charge >= 0.3 is 0 Å². The molecule has 0 radical (unpaired) electrons. The van der Waals surface area contributed by atoms with Crippen molar-refractivity contribution in [2.45, 2.75) is 32.6 Å². The predicted molar refractivity (Wildman–Crippen MR) is 83.9 cm³/mol. The van der Waals surface area contributed by atoms with Crippen LogP contribution in [0.15, 0.2) is 63.7 Å². The molecule has 0 spiro atoms. The van der Waals surface area contributed by atoms with Crippen LogP contribution in [0.25, 0.3) is 0 Å². The number of nitrogens with one attached hydrogen (secondary N) is 1. The summed E-state index contributed by atoms with van der Waals surface area (Å²) in [5.74, 6) is 0.523. The molecular weight excluding hydrogens is 248 g/mol. The molecule has 2 aliphatic rings. The van der Waals surface area contributed by atoms with E-state index in [9.17, 15) is 5.21 Å². The van der Waals surface area contributed by atoms with Crippen LogP contribution in [0.5, 0.6) is 0 Å². The van der Waals surface area contributed by atoms with Crippen LogP contribution >= 0.6 is 0 Å². The van der Waals surface area contributed by atoms with E-state index in [1.165, 1.54) is 11.1 Å². The average Bonchev–Trinajstić information content (AvgIpc) is 2.81. The molecule has 3 heteroatoms. The second-order valence-corrected chi connectivity index (χ2v) is 5.06. The number of hydrogen-bond donors (Lipinski definition) is 2. The topological polar surface area (TPSA) is 44.6 Å². The fraction of sp³-hybridized carbons (Fsp3) is 0.353. The van der Waals surface area contributed by atoms with Gasteiger partial charge in [0, 0.05) is 12.6 Å². The van der Waals surface area contributed by atoms with Crippen molar-refractivity contribution in [3.8, 4) is 0 Å². The van der Waals surface area contributed by atoms with Crippen LogP contribution in [0, 0.1) is 0 Å². The van der Waals surface area contributed by atoms with E-state index in [4.69, 9.17) is 0 Å². The van der Waals surface area contributed by atoms with Gasteiger partial charge in [0.15, 0.2) is 5.84 Å². The summed E-state index contributed by atoms with van der Waals surface area (Å²) in [4.78, 5) is 4.13. The smallest absolute Gasteiger partial charge is 0.152 e. The molecule has 0 aromatic rings. The Bertz CT molecular complexity index is 545. The number of aliphatic imine (C=N–C) groups is 1. The van der Waals surface area contributed by atoms with Crippen molar-refractivity contribution >= 4 is 5.84 Å². The molecule has 0 amide bonds. The van der Waals surface area contributed by atoms with Crippen molar-refractivity contribution < 1.29 is 5.21 Å². The van der Waals surface area contributed by atoms with Gasteiger partial charge in [-0.15, -0.1) is 0 Å². The normalized spacial score (nSPS) is 20.2. The van der Waals surface area contributed by atoms with E-state index in [1.54, 1.807) is 7.05 Å². The lowest BCUT2D eigenvalue weighted by atomic mass is 9.92. The highest BCUT2D eigenvalue weighted by molar-refractivity contribution is 6.02. The molecular formula is C17H22N2O. The monoisotopic (exact) mass is 270 g/mol. The summed E-state index contributed by atoms with van der Waals surface area (Å²) in [7, 11) is 1.68. The standard InChI is InChI=1S/C17H22N2O/c1-13-7-6-8-14(12-11-13)15-9-4-3-5-10-16(15)17(18-2)19-20/h3-4,7-10,20H,5-6,11-12H2,1-2H3,(H,18,19). The second kappa shape index (κ2) is 7.06. The number of hydroxylamine groups is 1. The van der Waals surface area contributed by atoms with Gasteiger partial charge in [-0.05, 0) is 43.8 Å². The third-order valence-corrected chi connectivity index (χ3v) is 3.70. The Kier molecular flexibility index (Phi) is 5.13. The lowest BCUT2D eigenvalue weighted by molar-refractivity contribution is 0.235. The predicted octanol–water partition coefficient (Wildman–Crippen LogP) is 3.86. The molecule has 0 heterocycles. The molecule has 2 rings (SSSR count). The van der Waals surface area contributed by atoms with Crippen molar-refractivity contribution in [1.82, 2.24) is 5.48 Å². The minimum absolute atomic E-state index is 0.523. The van der Waals surface area contributed by atoms with Crippen molar-refractivity contribution in [2.75, 3.05) is 7.05 Å². The maximum atomic E-state index is 9.28. The Labute approximate surface area is 120 Å². The first-order valence-electron chi connectivity index (χ1n) is 7.06. The van der Waals surface area contributed by atoms with Crippen LogP contribution in [-0.2, 0) is 0 Å². The quantitative estimate of drug-likeness (QED) is 0.346. The summed E-state index contributed by atoms with van der Waals surface area (Å²) in [6.45, 7) is 2.18. The van der Waals surface area contributed by atoms with Crippen molar-refractivity contribution in [2.24, 2.45) is 4.99 Å². The Balaban J connectivity index is 2.34. The summed E-state index contributed by atoms with van der Waals surface area (Å²) >= 11 is 0. The lowest BCUT2D eigenvalue weighted by Gasteiger charge is -2.16. The SMILES string of the molecule is CN=C(NO)C1=CCC=CC=C1C1=CCC=C(C)CC1. The van der Waals surface area contributed by atoms with Gasteiger partial charge in [-0.3, -0.25) is 15.7 Å². The highest BCUT2D eigenvalue weighted by Gasteiger charge is 2.16. The highest BCUT2D eigenvalue weighted by atomic mass is 16.5. The second-order valence-electron chi connectivity index (χ2n) is 5.06. The van der Waals surface area contributed by atoms with E-state index in [0.717, 1.165) is 36.8 Å². The average molecular weight is 270 g/mol. The van der Waals surface area contributed by atoms with Gasteiger partial charge < -0.3 is 0 Å². The zero-order valence-electron chi connectivity index (χ0n) is 12.2. The van der Waals surface area contributed by atoms with Crippen molar-refractivity contribution in [1.29, 1.82) is 0 Å². The Hall–Kier alpha value is -1.87. The molecule has 0 unspecified atom stereocenters. The van der Waals surface area contributed by atoms with E-state index in [0.29, 0.717) is 5.84 Å². The van der Waals surface area contributed by atoms with Crippen LogP contribution in [-0.4, -0.2) is 18.1 Å². The first-order valence-corrected chi connectivity index (χ1v) is 7.06. The molecule has 0 saturated heterocycles. The van der Waals surface area contributed by atoms with E-state index in [2.05, 4.69) is 53.9 Å². The Morgan fingerprint density at radius 2 is 2.05 bits per heavy atom. The molecule has 3 nitrogen and oxygen atoms in total. The summed E-state index contributed by atoms with van der Waals surface area (Å²) < 4.78 is 0. The molecule has 0 saturated carbocycles. The van der Waals surface area contributed by atoms with E-state index < -0.39 is 0 Å². The highest BCUT2D eigenvalue weighted by Crippen LogP contribution is 2.30. The van der Waals surface area contributed by atoms with Gasteiger partial charge in [-0.25, -0.2) is 0 Å². The summed E-state index contributed by atoms with van der Waals surface area (Å²) in [5.41, 5.74) is 7.12. The van der Waals surface area contributed by atoms with E-state index >= 15 is 0 Å². The van der Waals surface area contributed by atoms with Crippen molar-refractivity contribution in [3.63, 3.8) is 0 Å². The van der Waals surface area contributed by atoms with Crippen LogP contribution in [0.2, 0.25) is 0 Å². The summed E-state index contributed by atoms with van der Waals surface area (Å²) in [5, 5.41) is 9.28. The van der Waals surface area contributed by atoms with Crippen LogP contribution < -0.4 is 5.48 Å². The molecule has 2 aliphatic carbocycles. The van der Waals surface area contributed by atoms with Gasteiger partial charge in [0.25, 0.3) is 0 Å². The van der Waals surface area contributed by atoms with Gasteiger partial charge in [0.2, 0.25) is 0 Å². The summed E-state index contributed by atoms with van der Waals surface area (Å²) in [6, 6.07) is 0. The minimum atomic E-state index is 0.523. The molecule has 2 N–H and O–H groups in total. The maximum Gasteiger partial charge on any atom is 0.152 e. The molecule has 0 atom stereocenters. The van der Waals surface area contributed by atoms with Crippen molar-refractivity contribution in [3.05, 3.63) is 58.7 Å². The summed E-state index contributed by atoms with van der Waals surface area (Å²) in [6.07, 6.45) is 16.9. The molecule has 0 bridgehead atoms. The Morgan fingerprint density at radius 1 is 1.20 bits per heavy atom. The number of allylic oxidation sites excluding steroid dienone is 8. The van der Waals surface area contributed by atoms with Gasteiger partial charge in [0.1, 0.15) is 0 Å². The lowest BCUT2D eigenvalue weighted by Crippen LogP contribution is -2.23. The van der Waals surface area contributed by atoms with Crippen LogP contribution in [0.4, 0.5) is 0 Å². The third kappa shape index (κ3) is 3.36. The van der Waals surface area contributed by atoms with Gasteiger partial charge in [-0.2, -0.15) is 0 Å². The largest absolute Gasteiger partial charge is 0.290 e. The van der Waals surface area contributed by atoms with Gasteiger partial charge in [-0.1, -0.05) is 42.0 Å². The first kappa shape index (κ1) is 14.5. The minimum Gasteiger partial charge on any atom is -0.290 e.